The molecule has 100 valence electrons. The minimum atomic E-state index is -0.181. The molecule has 0 spiro atoms. The fourth-order valence-electron chi connectivity index (χ4n) is 1.39. The van der Waals surface area contributed by atoms with Crippen LogP contribution in [0.5, 0.6) is 0 Å². The van der Waals surface area contributed by atoms with Crippen LogP contribution in [0.15, 0.2) is 18.2 Å². The van der Waals surface area contributed by atoms with Crippen LogP contribution in [-0.4, -0.2) is 25.4 Å². The second-order valence-corrected chi connectivity index (χ2v) is 3.70. The van der Waals surface area contributed by atoms with E-state index in [2.05, 4.69) is 10.6 Å². The highest BCUT2D eigenvalue weighted by molar-refractivity contribution is 5.97. The molecule has 0 heterocycles. The third kappa shape index (κ3) is 4.35. The Morgan fingerprint density at radius 3 is 2.56 bits per heavy atom. The largest absolute Gasteiger partial charge is 0.355 e. The molecule has 5 nitrogen and oxygen atoms in total. The van der Waals surface area contributed by atoms with E-state index >= 15 is 0 Å². The maximum Gasteiger partial charge on any atom is 0.251 e. The number of amides is 2. The standard InChI is InChI=1S/C12H17N3O2.ClH/c1-8-3-4-9(12(17)14-2)7-10(8)15-11(16)5-6-13;/h3-4,7H,5-6,13H2,1-2H3,(H,14,17)(H,15,16);1H. The van der Waals surface area contributed by atoms with Gasteiger partial charge in [-0.15, -0.1) is 12.4 Å². The summed E-state index contributed by atoms with van der Waals surface area (Å²) in [4.78, 5) is 22.9. The summed E-state index contributed by atoms with van der Waals surface area (Å²) in [5.74, 6) is -0.330. The fourth-order valence-corrected chi connectivity index (χ4v) is 1.39. The maximum atomic E-state index is 11.4. The number of hydrogen-bond acceptors (Lipinski definition) is 3. The third-order valence-electron chi connectivity index (χ3n) is 2.37. The molecule has 0 aliphatic rings. The fraction of sp³-hybridized carbons (Fsp3) is 0.333. The number of aryl methyl sites for hydroxylation is 1. The summed E-state index contributed by atoms with van der Waals surface area (Å²) in [6.45, 7) is 2.17. The molecule has 0 aliphatic carbocycles. The Labute approximate surface area is 113 Å². The van der Waals surface area contributed by atoms with E-state index in [4.69, 9.17) is 5.73 Å². The molecule has 0 aliphatic heterocycles. The van der Waals surface area contributed by atoms with Gasteiger partial charge in [-0.2, -0.15) is 0 Å². The van der Waals surface area contributed by atoms with Gasteiger partial charge in [0.25, 0.3) is 5.91 Å². The molecule has 0 radical (unpaired) electrons. The number of hydrogen-bond donors (Lipinski definition) is 3. The molecule has 0 aromatic heterocycles. The highest BCUT2D eigenvalue weighted by atomic mass is 35.5. The predicted molar refractivity (Wildman–Crippen MR) is 74.1 cm³/mol. The Balaban J connectivity index is 0.00000289. The minimum Gasteiger partial charge on any atom is -0.355 e. The van der Waals surface area contributed by atoms with Gasteiger partial charge in [-0.1, -0.05) is 6.07 Å². The second-order valence-electron chi connectivity index (χ2n) is 3.70. The van der Waals surface area contributed by atoms with Gasteiger partial charge in [-0.05, 0) is 24.6 Å². The van der Waals surface area contributed by atoms with Gasteiger partial charge >= 0.3 is 0 Å². The summed E-state index contributed by atoms with van der Waals surface area (Å²) in [5, 5.41) is 5.27. The Hall–Kier alpha value is -1.59. The summed E-state index contributed by atoms with van der Waals surface area (Å²) < 4.78 is 0. The Kier molecular flexibility index (Phi) is 7.00. The number of halogens is 1. The van der Waals surface area contributed by atoms with Crippen LogP contribution in [0.4, 0.5) is 5.69 Å². The van der Waals surface area contributed by atoms with Crippen molar-refractivity contribution in [2.75, 3.05) is 18.9 Å². The van der Waals surface area contributed by atoms with E-state index in [0.717, 1.165) is 5.56 Å². The van der Waals surface area contributed by atoms with Gasteiger partial charge in [-0.3, -0.25) is 9.59 Å². The number of anilines is 1. The van der Waals surface area contributed by atoms with Crippen LogP contribution in [0.25, 0.3) is 0 Å². The van der Waals surface area contributed by atoms with Crippen LogP contribution in [0, 0.1) is 6.92 Å². The minimum absolute atomic E-state index is 0. The average molecular weight is 272 g/mol. The molecule has 0 bridgehead atoms. The van der Waals surface area contributed by atoms with Crippen LogP contribution in [0.2, 0.25) is 0 Å². The highest BCUT2D eigenvalue weighted by Crippen LogP contribution is 2.17. The van der Waals surface area contributed by atoms with Crippen LogP contribution in [0.3, 0.4) is 0 Å². The number of benzene rings is 1. The van der Waals surface area contributed by atoms with E-state index in [0.29, 0.717) is 17.8 Å². The molecule has 0 atom stereocenters. The molecule has 1 aromatic rings. The first-order valence-electron chi connectivity index (χ1n) is 5.41. The van der Waals surface area contributed by atoms with Crippen molar-refractivity contribution in [3.8, 4) is 0 Å². The van der Waals surface area contributed by atoms with Gasteiger partial charge in [0.2, 0.25) is 5.91 Å². The second kappa shape index (κ2) is 7.68. The van der Waals surface area contributed by atoms with Crippen molar-refractivity contribution in [1.82, 2.24) is 5.32 Å². The van der Waals surface area contributed by atoms with Crippen molar-refractivity contribution in [2.45, 2.75) is 13.3 Å². The first-order valence-corrected chi connectivity index (χ1v) is 5.41. The molecule has 0 saturated heterocycles. The highest BCUT2D eigenvalue weighted by Gasteiger charge is 2.08. The van der Waals surface area contributed by atoms with Gasteiger partial charge in [0.15, 0.2) is 0 Å². The van der Waals surface area contributed by atoms with Gasteiger partial charge in [0.1, 0.15) is 0 Å². The lowest BCUT2D eigenvalue weighted by Crippen LogP contribution is -2.19. The molecular formula is C12H18ClN3O2. The molecule has 0 unspecified atom stereocenters. The van der Waals surface area contributed by atoms with Crippen molar-refractivity contribution in [1.29, 1.82) is 0 Å². The summed E-state index contributed by atoms with van der Waals surface area (Å²) in [5.41, 5.74) is 7.36. The molecule has 2 amide bonds. The maximum absolute atomic E-state index is 11.4. The number of carbonyl (C=O) groups excluding carboxylic acids is 2. The smallest absolute Gasteiger partial charge is 0.251 e. The molecule has 1 rings (SSSR count). The number of nitrogens with two attached hydrogens (primary N) is 1. The zero-order chi connectivity index (χ0) is 12.8. The van der Waals surface area contributed by atoms with E-state index in [1.54, 1.807) is 25.2 Å². The lowest BCUT2D eigenvalue weighted by Gasteiger charge is -2.09. The van der Waals surface area contributed by atoms with Crippen LogP contribution < -0.4 is 16.4 Å². The van der Waals surface area contributed by atoms with E-state index in [1.165, 1.54) is 0 Å². The molecule has 18 heavy (non-hydrogen) atoms. The molecule has 6 heteroatoms. The average Bonchev–Trinajstić information content (AvgIpc) is 2.31. The van der Waals surface area contributed by atoms with Gasteiger partial charge in [0.05, 0.1) is 0 Å². The summed E-state index contributed by atoms with van der Waals surface area (Å²) in [6, 6.07) is 5.16. The predicted octanol–water partition coefficient (Wildman–Crippen LogP) is 1.06. The van der Waals surface area contributed by atoms with E-state index in [-0.39, 0.29) is 30.6 Å². The van der Waals surface area contributed by atoms with Crippen LogP contribution in [-0.2, 0) is 4.79 Å². The molecule has 0 saturated carbocycles. The zero-order valence-electron chi connectivity index (χ0n) is 10.4. The van der Waals surface area contributed by atoms with Crippen molar-refractivity contribution < 1.29 is 9.59 Å². The Morgan fingerprint density at radius 2 is 2.00 bits per heavy atom. The first-order chi connectivity index (χ1) is 8.08. The van der Waals surface area contributed by atoms with E-state index in [9.17, 15) is 9.59 Å². The SMILES string of the molecule is CNC(=O)c1ccc(C)c(NC(=O)CCN)c1.Cl. The summed E-state index contributed by atoms with van der Waals surface area (Å²) in [6.07, 6.45) is 0.268. The Morgan fingerprint density at radius 1 is 1.33 bits per heavy atom. The number of nitrogens with one attached hydrogen (secondary N) is 2. The number of carbonyl (C=O) groups is 2. The summed E-state index contributed by atoms with van der Waals surface area (Å²) >= 11 is 0. The molecule has 1 aromatic carbocycles. The van der Waals surface area contributed by atoms with E-state index < -0.39 is 0 Å². The Bertz CT molecular complexity index is 435. The van der Waals surface area contributed by atoms with Gasteiger partial charge < -0.3 is 16.4 Å². The third-order valence-corrected chi connectivity index (χ3v) is 2.37. The topological polar surface area (TPSA) is 84.2 Å². The van der Waals surface area contributed by atoms with Crippen LogP contribution in [0.1, 0.15) is 22.3 Å². The van der Waals surface area contributed by atoms with Crippen molar-refractivity contribution in [3.05, 3.63) is 29.3 Å². The molecular weight excluding hydrogens is 254 g/mol. The lowest BCUT2D eigenvalue weighted by atomic mass is 10.1. The van der Waals surface area contributed by atoms with Gasteiger partial charge in [-0.25, -0.2) is 0 Å². The first kappa shape index (κ1) is 16.4. The van der Waals surface area contributed by atoms with Crippen molar-refractivity contribution in [3.63, 3.8) is 0 Å². The zero-order valence-corrected chi connectivity index (χ0v) is 11.3. The number of rotatable bonds is 4. The normalized spacial score (nSPS) is 9.28. The van der Waals surface area contributed by atoms with Crippen LogP contribution >= 0.6 is 12.4 Å². The lowest BCUT2D eigenvalue weighted by molar-refractivity contribution is -0.116. The van der Waals surface area contributed by atoms with Crippen molar-refractivity contribution in [2.24, 2.45) is 5.73 Å². The quantitative estimate of drug-likeness (QED) is 0.766. The monoisotopic (exact) mass is 271 g/mol. The molecule has 4 N–H and O–H groups in total. The summed E-state index contributed by atoms with van der Waals surface area (Å²) in [7, 11) is 1.56. The van der Waals surface area contributed by atoms with Gasteiger partial charge in [0, 0.05) is 31.3 Å². The van der Waals surface area contributed by atoms with E-state index in [1.807, 2.05) is 6.92 Å². The molecule has 0 fully saturated rings. The van der Waals surface area contributed by atoms with Crippen molar-refractivity contribution >= 4 is 29.9 Å².